The molecule has 6 nitrogen and oxygen atoms in total. The lowest BCUT2D eigenvalue weighted by Gasteiger charge is -2.32. The third kappa shape index (κ3) is 3.39. The molecule has 0 aromatic carbocycles. The van der Waals surface area contributed by atoms with Crippen LogP contribution in [-0.4, -0.2) is 45.2 Å². The summed E-state index contributed by atoms with van der Waals surface area (Å²) in [7, 11) is 0. The molecule has 2 aromatic rings. The fourth-order valence-electron chi connectivity index (χ4n) is 2.91. The molecule has 0 aliphatic carbocycles. The number of aromatic amines is 1. The van der Waals surface area contributed by atoms with E-state index >= 15 is 0 Å². The number of nitrogens with zero attached hydrogens (tertiary/aromatic N) is 3. The molecule has 128 valence electrons. The lowest BCUT2D eigenvalue weighted by molar-refractivity contribution is 0.0517. The smallest absolute Gasteiger partial charge is 0.257 e. The lowest BCUT2D eigenvalue weighted by atomic mass is 10.0. The molecule has 3 rings (SSSR count). The first-order chi connectivity index (χ1) is 11.6. The number of aromatic nitrogens is 3. The van der Waals surface area contributed by atoms with Crippen LogP contribution in [0.5, 0.6) is 5.88 Å². The number of halogens is 1. The fraction of sp³-hybridized carbons (Fsp3) is 0.471. The number of carbonyl (C=O) groups is 1. The largest absolute Gasteiger partial charge is 0.470 e. The van der Waals surface area contributed by atoms with Crippen LogP contribution in [0.3, 0.4) is 0 Å². The minimum Gasteiger partial charge on any atom is -0.470 e. The van der Waals surface area contributed by atoms with Crippen molar-refractivity contribution in [1.82, 2.24) is 20.1 Å². The van der Waals surface area contributed by atoms with E-state index < -0.39 is 5.82 Å². The first-order valence-corrected chi connectivity index (χ1v) is 8.16. The van der Waals surface area contributed by atoms with E-state index in [1.54, 1.807) is 11.1 Å². The van der Waals surface area contributed by atoms with Crippen molar-refractivity contribution in [3.05, 3.63) is 41.6 Å². The third-order valence-corrected chi connectivity index (χ3v) is 4.14. The molecule has 0 bridgehead atoms. The number of nitrogens with one attached hydrogen (secondary N) is 1. The topological polar surface area (TPSA) is 71.1 Å². The van der Waals surface area contributed by atoms with Gasteiger partial charge in [-0.25, -0.2) is 9.37 Å². The van der Waals surface area contributed by atoms with Gasteiger partial charge in [0.15, 0.2) is 5.82 Å². The lowest BCUT2D eigenvalue weighted by Crippen LogP contribution is -2.44. The molecule has 0 radical (unpaired) electrons. The van der Waals surface area contributed by atoms with Crippen molar-refractivity contribution in [3.63, 3.8) is 0 Å². The van der Waals surface area contributed by atoms with Crippen LogP contribution in [0.1, 0.15) is 48.7 Å². The van der Waals surface area contributed by atoms with E-state index in [0.29, 0.717) is 18.7 Å². The van der Waals surface area contributed by atoms with Gasteiger partial charge in [-0.1, -0.05) is 13.8 Å². The minimum atomic E-state index is -0.488. The molecule has 2 aromatic heterocycles. The Labute approximate surface area is 140 Å². The van der Waals surface area contributed by atoms with Crippen molar-refractivity contribution < 1.29 is 13.9 Å². The summed E-state index contributed by atoms with van der Waals surface area (Å²) in [5.41, 5.74) is 1.42. The second-order valence-electron chi connectivity index (χ2n) is 6.28. The maximum Gasteiger partial charge on any atom is 0.257 e. The molecule has 24 heavy (non-hydrogen) atoms. The number of amides is 1. The molecule has 1 amide bonds. The van der Waals surface area contributed by atoms with Crippen LogP contribution < -0.4 is 4.74 Å². The number of hydrogen-bond donors (Lipinski definition) is 1. The Morgan fingerprint density at radius 3 is 3.08 bits per heavy atom. The summed E-state index contributed by atoms with van der Waals surface area (Å²) in [6.07, 6.45) is 4.37. The zero-order valence-corrected chi connectivity index (χ0v) is 13.8. The second-order valence-corrected chi connectivity index (χ2v) is 6.28. The van der Waals surface area contributed by atoms with Gasteiger partial charge in [-0.2, -0.15) is 5.10 Å². The van der Waals surface area contributed by atoms with Gasteiger partial charge in [0.1, 0.15) is 6.10 Å². The highest BCUT2D eigenvalue weighted by molar-refractivity contribution is 5.95. The molecule has 7 heteroatoms. The number of hydrogen-bond acceptors (Lipinski definition) is 4. The van der Waals surface area contributed by atoms with Crippen molar-refractivity contribution in [2.75, 3.05) is 13.1 Å². The summed E-state index contributed by atoms with van der Waals surface area (Å²) >= 11 is 0. The number of likely N-dealkylation sites (tertiary alicyclic amines) is 1. The zero-order valence-electron chi connectivity index (χ0n) is 13.8. The number of pyridine rings is 1. The maximum atomic E-state index is 13.7. The van der Waals surface area contributed by atoms with Gasteiger partial charge in [0.25, 0.3) is 11.8 Å². The van der Waals surface area contributed by atoms with Crippen molar-refractivity contribution >= 4 is 5.91 Å². The van der Waals surface area contributed by atoms with Crippen LogP contribution >= 0.6 is 0 Å². The molecular weight excluding hydrogens is 311 g/mol. The standard InChI is InChI=1S/C17H21FN4O2/c1-11(2)15-13(9-20-21-15)17(23)22-8-4-5-12(10-22)24-16-14(18)6-3-7-19-16/h3,6-7,9,11-12H,4-5,8,10H2,1-2H3,(H,20,21)/t12-/m0/s1. The van der Waals surface area contributed by atoms with Crippen LogP contribution in [0.25, 0.3) is 0 Å². The highest BCUT2D eigenvalue weighted by Gasteiger charge is 2.28. The minimum absolute atomic E-state index is 0.0111. The monoisotopic (exact) mass is 332 g/mol. The molecular formula is C17H21FN4O2. The van der Waals surface area contributed by atoms with E-state index in [1.807, 2.05) is 13.8 Å². The SMILES string of the molecule is CC(C)c1[nH]ncc1C(=O)N1CCC[C@H](Oc2ncccc2F)C1. The van der Waals surface area contributed by atoms with E-state index in [-0.39, 0.29) is 23.8 Å². The van der Waals surface area contributed by atoms with Gasteiger partial charge in [-0.05, 0) is 30.9 Å². The molecule has 0 saturated carbocycles. The van der Waals surface area contributed by atoms with Crippen LogP contribution in [0.15, 0.2) is 24.5 Å². The molecule has 1 N–H and O–H groups in total. The molecule has 3 heterocycles. The molecule has 1 atom stereocenters. The Balaban J connectivity index is 1.70. The van der Waals surface area contributed by atoms with Crippen molar-refractivity contribution in [3.8, 4) is 5.88 Å². The average molecular weight is 332 g/mol. The van der Waals surface area contributed by atoms with E-state index in [0.717, 1.165) is 18.5 Å². The molecule has 1 aliphatic heterocycles. The van der Waals surface area contributed by atoms with Gasteiger partial charge in [0.05, 0.1) is 24.0 Å². The second kappa shape index (κ2) is 6.98. The number of piperidine rings is 1. The Morgan fingerprint density at radius 2 is 2.33 bits per heavy atom. The Kier molecular flexibility index (Phi) is 4.78. The van der Waals surface area contributed by atoms with Crippen LogP contribution in [0, 0.1) is 5.82 Å². The van der Waals surface area contributed by atoms with Gasteiger partial charge in [-0.15, -0.1) is 0 Å². The predicted octanol–water partition coefficient (Wildman–Crippen LogP) is 2.75. The van der Waals surface area contributed by atoms with E-state index in [9.17, 15) is 9.18 Å². The molecule has 1 saturated heterocycles. The van der Waals surface area contributed by atoms with Gasteiger partial charge < -0.3 is 9.64 Å². The number of rotatable bonds is 4. The Morgan fingerprint density at radius 1 is 1.50 bits per heavy atom. The van der Waals surface area contributed by atoms with E-state index in [4.69, 9.17) is 4.74 Å². The fourth-order valence-corrected chi connectivity index (χ4v) is 2.91. The normalized spacial score (nSPS) is 18.0. The van der Waals surface area contributed by atoms with E-state index in [2.05, 4.69) is 15.2 Å². The molecule has 0 spiro atoms. The first kappa shape index (κ1) is 16.4. The van der Waals surface area contributed by atoms with Crippen molar-refractivity contribution in [1.29, 1.82) is 0 Å². The zero-order chi connectivity index (χ0) is 17.1. The van der Waals surface area contributed by atoms with Crippen LogP contribution in [0.4, 0.5) is 4.39 Å². The van der Waals surface area contributed by atoms with Crippen molar-refractivity contribution in [2.24, 2.45) is 0 Å². The first-order valence-electron chi connectivity index (χ1n) is 8.16. The summed E-state index contributed by atoms with van der Waals surface area (Å²) in [5.74, 6) is -0.381. The quantitative estimate of drug-likeness (QED) is 0.934. The average Bonchev–Trinajstić information content (AvgIpc) is 3.06. The summed E-state index contributed by atoms with van der Waals surface area (Å²) in [6.45, 7) is 5.09. The Hall–Kier alpha value is -2.44. The van der Waals surface area contributed by atoms with Crippen LogP contribution in [-0.2, 0) is 0 Å². The predicted molar refractivity (Wildman–Crippen MR) is 86.4 cm³/mol. The summed E-state index contributed by atoms with van der Waals surface area (Å²) in [5, 5.41) is 6.89. The summed E-state index contributed by atoms with van der Waals surface area (Å²) in [6, 6.07) is 2.83. The number of H-pyrrole nitrogens is 1. The molecule has 0 unspecified atom stereocenters. The number of carbonyl (C=O) groups excluding carboxylic acids is 1. The molecule has 1 aliphatic rings. The number of ether oxygens (including phenoxy) is 1. The van der Waals surface area contributed by atoms with Gasteiger partial charge in [0.2, 0.25) is 0 Å². The Bertz CT molecular complexity index is 716. The van der Waals surface area contributed by atoms with Gasteiger partial charge in [-0.3, -0.25) is 9.89 Å². The van der Waals surface area contributed by atoms with Gasteiger partial charge in [0, 0.05) is 12.7 Å². The van der Waals surface area contributed by atoms with Crippen LogP contribution in [0.2, 0.25) is 0 Å². The summed E-state index contributed by atoms with van der Waals surface area (Å²) < 4.78 is 19.3. The van der Waals surface area contributed by atoms with E-state index in [1.165, 1.54) is 18.3 Å². The maximum absolute atomic E-state index is 13.7. The highest BCUT2D eigenvalue weighted by atomic mass is 19.1. The highest BCUT2D eigenvalue weighted by Crippen LogP contribution is 2.22. The van der Waals surface area contributed by atoms with Crippen molar-refractivity contribution in [2.45, 2.75) is 38.7 Å². The van der Waals surface area contributed by atoms with Gasteiger partial charge >= 0.3 is 0 Å². The summed E-state index contributed by atoms with van der Waals surface area (Å²) in [4.78, 5) is 18.4. The molecule has 1 fully saturated rings. The third-order valence-electron chi connectivity index (χ3n) is 4.14.